The molecule has 1 aromatic rings. The molecule has 2 rings (SSSR count). The molecule has 0 aliphatic carbocycles. The summed E-state index contributed by atoms with van der Waals surface area (Å²) in [6.07, 6.45) is 0.470. The van der Waals surface area contributed by atoms with E-state index in [1.54, 1.807) is 43.3 Å². The molecule has 1 aliphatic rings. The molecule has 0 aromatic heterocycles. The lowest BCUT2D eigenvalue weighted by molar-refractivity contribution is -0.134. The van der Waals surface area contributed by atoms with Gasteiger partial charge in [-0.25, -0.2) is 4.79 Å². The van der Waals surface area contributed by atoms with Crippen molar-refractivity contribution in [1.82, 2.24) is 14.7 Å². The van der Waals surface area contributed by atoms with Gasteiger partial charge < -0.3 is 24.6 Å². The first-order valence-corrected chi connectivity index (χ1v) is 10.6. The number of hydrogen-bond donors (Lipinski definition) is 1. The first-order chi connectivity index (χ1) is 14.8. The SMILES string of the molecule is COc1cccc(NC(=O)CN(C)C(=O)CN2CCCN(C(=O)OCC(C)C)CC2)c1. The second-order valence-electron chi connectivity index (χ2n) is 8.12. The molecule has 0 bridgehead atoms. The van der Waals surface area contributed by atoms with Crippen LogP contribution in [0.15, 0.2) is 24.3 Å². The van der Waals surface area contributed by atoms with E-state index in [2.05, 4.69) is 5.32 Å². The summed E-state index contributed by atoms with van der Waals surface area (Å²) in [5, 5.41) is 2.77. The van der Waals surface area contributed by atoms with Crippen molar-refractivity contribution in [3.8, 4) is 5.75 Å². The predicted molar refractivity (Wildman–Crippen MR) is 118 cm³/mol. The fourth-order valence-electron chi connectivity index (χ4n) is 3.16. The zero-order valence-corrected chi connectivity index (χ0v) is 18.9. The maximum absolute atomic E-state index is 12.6. The number of nitrogens with one attached hydrogen (secondary N) is 1. The lowest BCUT2D eigenvalue weighted by Crippen LogP contribution is -2.43. The molecule has 3 amide bonds. The van der Waals surface area contributed by atoms with Gasteiger partial charge in [0.15, 0.2) is 0 Å². The van der Waals surface area contributed by atoms with Crippen molar-refractivity contribution >= 4 is 23.6 Å². The van der Waals surface area contributed by atoms with Crippen LogP contribution in [0.4, 0.5) is 10.5 Å². The zero-order valence-electron chi connectivity index (χ0n) is 18.9. The van der Waals surface area contributed by atoms with Crippen molar-refractivity contribution in [3.63, 3.8) is 0 Å². The molecule has 1 aromatic carbocycles. The third kappa shape index (κ3) is 8.45. The minimum absolute atomic E-state index is 0.0441. The van der Waals surface area contributed by atoms with E-state index in [9.17, 15) is 14.4 Å². The number of rotatable bonds is 8. The molecular weight excluding hydrogens is 400 g/mol. The van der Waals surface area contributed by atoms with Gasteiger partial charge >= 0.3 is 6.09 Å². The van der Waals surface area contributed by atoms with Crippen molar-refractivity contribution in [3.05, 3.63) is 24.3 Å². The Labute approximate surface area is 184 Å². The summed E-state index contributed by atoms with van der Waals surface area (Å²) in [5.41, 5.74) is 0.613. The number of methoxy groups -OCH3 is 1. The number of benzene rings is 1. The quantitative estimate of drug-likeness (QED) is 0.672. The molecule has 0 atom stereocenters. The molecule has 1 fully saturated rings. The highest BCUT2D eigenvalue weighted by Crippen LogP contribution is 2.16. The van der Waals surface area contributed by atoms with E-state index >= 15 is 0 Å². The summed E-state index contributed by atoms with van der Waals surface area (Å²) >= 11 is 0. The number of amides is 3. The number of likely N-dealkylation sites (N-methyl/N-ethyl adjacent to an activating group) is 1. The Balaban J connectivity index is 1.77. The van der Waals surface area contributed by atoms with E-state index < -0.39 is 0 Å². The van der Waals surface area contributed by atoms with Crippen LogP contribution in [0.2, 0.25) is 0 Å². The van der Waals surface area contributed by atoms with Crippen LogP contribution in [0.5, 0.6) is 5.75 Å². The van der Waals surface area contributed by atoms with Gasteiger partial charge in [0.05, 0.1) is 26.8 Å². The van der Waals surface area contributed by atoms with Crippen molar-refractivity contribution in [2.45, 2.75) is 20.3 Å². The number of carbonyl (C=O) groups excluding carboxylic acids is 3. The minimum atomic E-state index is -0.298. The van der Waals surface area contributed by atoms with E-state index in [1.165, 1.54) is 4.90 Å². The van der Waals surface area contributed by atoms with Gasteiger partial charge in [-0.15, -0.1) is 0 Å². The van der Waals surface area contributed by atoms with Crippen LogP contribution in [0.25, 0.3) is 0 Å². The Morgan fingerprint density at radius 1 is 1.16 bits per heavy atom. The molecule has 1 saturated heterocycles. The molecule has 172 valence electrons. The van der Waals surface area contributed by atoms with Gasteiger partial charge in [0, 0.05) is 45.0 Å². The van der Waals surface area contributed by atoms with Crippen LogP contribution >= 0.6 is 0 Å². The van der Waals surface area contributed by atoms with Crippen LogP contribution in [0, 0.1) is 5.92 Å². The summed E-state index contributed by atoms with van der Waals surface area (Å²) in [5.74, 6) is 0.517. The third-order valence-corrected chi connectivity index (χ3v) is 4.91. The Bertz CT molecular complexity index is 755. The molecule has 1 N–H and O–H groups in total. The first-order valence-electron chi connectivity index (χ1n) is 10.6. The summed E-state index contributed by atoms with van der Waals surface area (Å²) in [6.45, 7) is 6.99. The molecule has 1 aliphatic heterocycles. The second kappa shape index (κ2) is 12.1. The highest BCUT2D eigenvalue weighted by Gasteiger charge is 2.23. The van der Waals surface area contributed by atoms with Crippen molar-refractivity contribution in [1.29, 1.82) is 0 Å². The van der Waals surface area contributed by atoms with Crippen LogP contribution in [0.3, 0.4) is 0 Å². The van der Waals surface area contributed by atoms with Crippen molar-refractivity contribution in [2.24, 2.45) is 5.92 Å². The highest BCUT2D eigenvalue weighted by molar-refractivity contribution is 5.94. The normalized spacial score (nSPS) is 14.7. The van der Waals surface area contributed by atoms with E-state index in [0.29, 0.717) is 50.1 Å². The largest absolute Gasteiger partial charge is 0.497 e. The molecule has 0 spiro atoms. The molecule has 0 unspecified atom stereocenters. The number of anilines is 1. The fraction of sp³-hybridized carbons (Fsp3) is 0.591. The molecule has 9 heteroatoms. The van der Waals surface area contributed by atoms with Gasteiger partial charge in [0.1, 0.15) is 5.75 Å². The number of ether oxygens (including phenoxy) is 2. The molecule has 0 saturated carbocycles. The Morgan fingerprint density at radius 2 is 1.94 bits per heavy atom. The summed E-state index contributed by atoms with van der Waals surface area (Å²) in [6, 6.07) is 7.05. The summed E-state index contributed by atoms with van der Waals surface area (Å²) < 4.78 is 10.4. The van der Waals surface area contributed by atoms with Crippen LogP contribution in [-0.4, -0.2) is 92.6 Å². The average Bonchev–Trinajstić information content (AvgIpc) is 2.97. The Morgan fingerprint density at radius 3 is 2.65 bits per heavy atom. The molecule has 9 nitrogen and oxygen atoms in total. The van der Waals surface area contributed by atoms with Gasteiger partial charge in [-0.1, -0.05) is 19.9 Å². The van der Waals surface area contributed by atoms with E-state index in [0.717, 1.165) is 6.42 Å². The smallest absolute Gasteiger partial charge is 0.409 e. The topological polar surface area (TPSA) is 91.4 Å². The van der Waals surface area contributed by atoms with E-state index in [4.69, 9.17) is 9.47 Å². The number of carbonyl (C=O) groups is 3. The molecule has 1 heterocycles. The van der Waals surface area contributed by atoms with Gasteiger partial charge in [-0.05, 0) is 24.5 Å². The minimum Gasteiger partial charge on any atom is -0.497 e. The van der Waals surface area contributed by atoms with Gasteiger partial charge in [-0.2, -0.15) is 0 Å². The summed E-state index contributed by atoms with van der Waals surface area (Å²) in [7, 11) is 3.17. The maximum Gasteiger partial charge on any atom is 0.409 e. The zero-order chi connectivity index (χ0) is 22.8. The second-order valence-corrected chi connectivity index (χ2v) is 8.12. The van der Waals surface area contributed by atoms with E-state index in [1.807, 2.05) is 18.7 Å². The van der Waals surface area contributed by atoms with Crippen LogP contribution < -0.4 is 10.1 Å². The van der Waals surface area contributed by atoms with Crippen molar-refractivity contribution < 1.29 is 23.9 Å². The monoisotopic (exact) mass is 434 g/mol. The van der Waals surface area contributed by atoms with Crippen LogP contribution in [0.1, 0.15) is 20.3 Å². The highest BCUT2D eigenvalue weighted by atomic mass is 16.6. The molecule has 0 radical (unpaired) electrons. The maximum atomic E-state index is 12.6. The summed E-state index contributed by atoms with van der Waals surface area (Å²) in [4.78, 5) is 42.1. The van der Waals surface area contributed by atoms with Crippen LogP contribution in [-0.2, 0) is 14.3 Å². The molecular formula is C22H34N4O5. The Kier molecular flexibility index (Phi) is 9.58. The lowest BCUT2D eigenvalue weighted by Gasteiger charge is -2.24. The van der Waals surface area contributed by atoms with Gasteiger partial charge in [0.2, 0.25) is 11.8 Å². The van der Waals surface area contributed by atoms with E-state index in [-0.39, 0.29) is 31.0 Å². The first kappa shape index (κ1) is 24.5. The average molecular weight is 435 g/mol. The molecule has 31 heavy (non-hydrogen) atoms. The number of nitrogens with zero attached hydrogens (tertiary/aromatic N) is 3. The predicted octanol–water partition coefficient (Wildman–Crippen LogP) is 1.89. The van der Waals surface area contributed by atoms with Gasteiger partial charge in [0.25, 0.3) is 0 Å². The van der Waals surface area contributed by atoms with Gasteiger partial charge in [-0.3, -0.25) is 14.5 Å². The standard InChI is InChI=1S/C22H34N4O5/c1-17(2)16-31-22(29)26-10-6-9-25(11-12-26)15-21(28)24(3)14-20(27)23-18-7-5-8-19(13-18)30-4/h5,7-8,13,17H,6,9-12,14-16H2,1-4H3,(H,23,27). The third-order valence-electron chi connectivity index (χ3n) is 4.91. The van der Waals surface area contributed by atoms with Crippen molar-refractivity contribution in [2.75, 3.05) is 65.3 Å². The fourth-order valence-corrected chi connectivity index (χ4v) is 3.16. The lowest BCUT2D eigenvalue weighted by atomic mass is 10.2. The number of hydrogen-bond acceptors (Lipinski definition) is 6. The Hall–Kier alpha value is -2.81.